The quantitative estimate of drug-likeness (QED) is 0.663. The molecule has 2 N–H and O–H groups in total. The van der Waals surface area contributed by atoms with Crippen LogP contribution in [0.2, 0.25) is 10.0 Å². The number of imidazole rings is 1. The van der Waals surface area contributed by atoms with Crippen LogP contribution in [0.3, 0.4) is 0 Å². The Morgan fingerprint density at radius 2 is 2.04 bits per heavy atom. The predicted octanol–water partition coefficient (Wildman–Crippen LogP) is 4.28. The number of thioether (sulfide) groups is 1. The van der Waals surface area contributed by atoms with Gasteiger partial charge in [0.15, 0.2) is 5.16 Å². The summed E-state index contributed by atoms with van der Waals surface area (Å²) in [5.41, 5.74) is 2.69. The smallest absolute Gasteiger partial charge is 0.230 e. The van der Waals surface area contributed by atoms with Crippen molar-refractivity contribution in [2.24, 2.45) is 0 Å². The topological polar surface area (TPSA) is 57.8 Å². The summed E-state index contributed by atoms with van der Waals surface area (Å²) >= 11 is 13.3. The standard InChI is InChI=1S/C16H13Cl2N3OS/c17-11-6-5-10(12(18)7-11)8-19-15(22)9-23-16-20-13-3-1-2-4-14(13)21-16/h1-7H,8-9H2,(H,19,22)(H,20,21). The van der Waals surface area contributed by atoms with Gasteiger partial charge in [0.2, 0.25) is 5.91 Å². The molecule has 4 nitrogen and oxygen atoms in total. The van der Waals surface area contributed by atoms with Crippen molar-refractivity contribution in [3.8, 4) is 0 Å². The summed E-state index contributed by atoms with van der Waals surface area (Å²) in [6.07, 6.45) is 0. The van der Waals surface area contributed by atoms with Crippen LogP contribution < -0.4 is 5.32 Å². The maximum Gasteiger partial charge on any atom is 0.230 e. The first-order chi connectivity index (χ1) is 11.1. The second kappa shape index (κ2) is 7.25. The Bertz CT molecular complexity index is 817. The van der Waals surface area contributed by atoms with Gasteiger partial charge in [0, 0.05) is 16.6 Å². The molecule has 3 rings (SSSR count). The van der Waals surface area contributed by atoms with Gasteiger partial charge in [-0.05, 0) is 29.8 Å². The zero-order chi connectivity index (χ0) is 16.2. The van der Waals surface area contributed by atoms with E-state index in [2.05, 4.69) is 15.3 Å². The van der Waals surface area contributed by atoms with Gasteiger partial charge in [-0.25, -0.2) is 4.98 Å². The molecular formula is C16H13Cl2N3OS. The van der Waals surface area contributed by atoms with Crippen molar-refractivity contribution >= 4 is 51.9 Å². The number of benzene rings is 2. The van der Waals surface area contributed by atoms with Crippen LogP contribution in [0.5, 0.6) is 0 Å². The van der Waals surface area contributed by atoms with Crippen molar-refractivity contribution in [3.05, 3.63) is 58.1 Å². The highest BCUT2D eigenvalue weighted by molar-refractivity contribution is 7.99. The Hall–Kier alpha value is -1.69. The Kier molecular flexibility index (Phi) is 5.10. The molecular weight excluding hydrogens is 353 g/mol. The molecule has 7 heteroatoms. The van der Waals surface area contributed by atoms with E-state index in [-0.39, 0.29) is 11.7 Å². The third-order valence-corrected chi connectivity index (χ3v) is 4.66. The van der Waals surface area contributed by atoms with Crippen molar-refractivity contribution < 1.29 is 4.79 Å². The van der Waals surface area contributed by atoms with Crippen molar-refractivity contribution in [3.63, 3.8) is 0 Å². The van der Waals surface area contributed by atoms with Crippen LogP contribution in [0.25, 0.3) is 11.0 Å². The van der Waals surface area contributed by atoms with Crippen LogP contribution in [-0.2, 0) is 11.3 Å². The number of nitrogens with zero attached hydrogens (tertiary/aromatic N) is 1. The van der Waals surface area contributed by atoms with E-state index in [0.29, 0.717) is 16.6 Å². The second-order valence-corrected chi connectivity index (χ2v) is 6.67. The molecule has 0 aliphatic rings. The average molecular weight is 366 g/mol. The maximum absolute atomic E-state index is 11.9. The van der Waals surface area contributed by atoms with Crippen molar-refractivity contribution in [1.82, 2.24) is 15.3 Å². The van der Waals surface area contributed by atoms with Gasteiger partial charge in [-0.3, -0.25) is 4.79 Å². The summed E-state index contributed by atoms with van der Waals surface area (Å²) in [7, 11) is 0. The molecule has 0 radical (unpaired) electrons. The molecule has 0 unspecified atom stereocenters. The molecule has 0 saturated carbocycles. The minimum absolute atomic E-state index is 0.0820. The number of aromatic nitrogens is 2. The summed E-state index contributed by atoms with van der Waals surface area (Å²) in [5.74, 6) is 0.201. The number of rotatable bonds is 5. The SMILES string of the molecule is O=C(CSc1nc2ccccc2[nH]1)NCc1ccc(Cl)cc1Cl. The molecule has 0 aliphatic carbocycles. The lowest BCUT2D eigenvalue weighted by Crippen LogP contribution is -2.24. The van der Waals surface area contributed by atoms with Crippen LogP contribution in [0.15, 0.2) is 47.6 Å². The molecule has 0 spiro atoms. The van der Waals surface area contributed by atoms with E-state index in [1.807, 2.05) is 24.3 Å². The van der Waals surface area contributed by atoms with Crippen molar-refractivity contribution in [1.29, 1.82) is 0 Å². The number of para-hydroxylation sites is 2. The fourth-order valence-electron chi connectivity index (χ4n) is 2.04. The highest BCUT2D eigenvalue weighted by atomic mass is 35.5. The fraction of sp³-hybridized carbons (Fsp3) is 0.125. The van der Waals surface area contributed by atoms with E-state index in [1.54, 1.807) is 18.2 Å². The number of hydrogen-bond donors (Lipinski definition) is 2. The predicted molar refractivity (Wildman–Crippen MR) is 95.1 cm³/mol. The lowest BCUT2D eigenvalue weighted by atomic mass is 10.2. The van der Waals surface area contributed by atoms with E-state index in [4.69, 9.17) is 23.2 Å². The summed E-state index contributed by atoms with van der Waals surface area (Å²) < 4.78 is 0. The molecule has 118 valence electrons. The number of carbonyl (C=O) groups is 1. The third kappa shape index (κ3) is 4.19. The van der Waals surface area contributed by atoms with E-state index < -0.39 is 0 Å². The first kappa shape index (κ1) is 16.2. The van der Waals surface area contributed by atoms with Gasteiger partial charge in [-0.1, -0.05) is 53.2 Å². The monoisotopic (exact) mass is 365 g/mol. The molecule has 0 aliphatic heterocycles. The minimum Gasteiger partial charge on any atom is -0.351 e. The summed E-state index contributed by atoms with van der Waals surface area (Å²) in [6.45, 7) is 0.371. The van der Waals surface area contributed by atoms with Crippen molar-refractivity contribution in [2.75, 3.05) is 5.75 Å². The second-order valence-electron chi connectivity index (χ2n) is 4.86. The van der Waals surface area contributed by atoms with E-state index in [9.17, 15) is 4.79 Å². The minimum atomic E-state index is -0.0820. The molecule has 1 heterocycles. The largest absolute Gasteiger partial charge is 0.351 e. The van der Waals surface area contributed by atoms with Gasteiger partial charge in [-0.2, -0.15) is 0 Å². The molecule has 1 aromatic heterocycles. The van der Waals surface area contributed by atoms with Gasteiger partial charge in [-0.15, -0.1) is 0 Å². The number of nitrogens with one attached hydrogen (secondary N) is 2. The molecule has 0 bridgehead atoms. The van der Waals surface area contributed by atoms with Crippen LogP contribution >= 0.6 is 35.0 Å². The summed E-state index contributed by atoms with van der Waals surface area (Å²) in [6, 6.07) is 13.0. The van der Waals surface area contributed by atoms with Crippen LogP contribution in [-0.4, -0.2) is 21.6 Å². The third-order valence-electron chi connectivity index (χ3n) is 3.20. The number of amides is 1. The van der Waals surface area contributed by atoms with E-state index in [0.717, 1.165) is 21.8 Å². The number of H-pyrrole nitrogens is 1. The molecule has 0 saturated heterocycles. The first-order valence-corrected chi connectivity index (χ1v) is 8.64. The fourth-order valence-corrected chi connectivity index (χ4v) is 3.23. The molecule has 0 atom stereocenters. The lowest BCUT2D eigenvalue weighted by Gasteiger charge is -2.06. The van der Waals surface area contributed by atoms with Crippen LogP contribution in [0, 0.1) is 0 Å². The normalized spacial score (nSPS) is 10.9. The van der Waals surface area contributed by atoms with Gasteiger partial charge < -0.3 is 10.3 Å². The van der Waals surface area contributed by atoms with Gasteiger partial charge in [0.25, 0.3) is 0 Å². The lowest BCUT2D eigenvalue weighted by molar-refractivity contribution is -0.118. The molecule has 3 aromatic rings. The Labute approximate surface area is 147 Å². The van der Waals surface area contributed by atoms with Crippen LogP contribution in [0.4, 0.5) is 0 Å². The number of halogens is 2. The van der Waals surface area contributed by atoms with E-state index >= 15 is 0 Å². The number of carbonyl (C=O) groups excluding carboxylic acids is 1. The number of hydrogen-bond acceptors (Lipinski definition) is 3. The maximum atomic E-state index is 11.9. The Morgan fingerprint density at radius 3 is 2.83 bits per heavy atom. The zero-order valence-electron chi connectivity index (χ0n) is 12.0. The Balaban J connectivity index is 1.53. The van der Waals surface area contributed by atoms with Crippen molar-refractivity contribution in [2.45, 2.75) is 11.7 Å². The molecule has 1 amide bonds. The Morgan fingerprint density at radius 1 is 1.22 bits per heavy atom. The van der Waals surface area contributed by atoms with E-state index in [1.165, 1.54) is 11.8 Å². The van der Waals surface area contributed by atoms with Gasteiger partial charge in [0.1, 0.15) is 0 Å². The highest BCUT2D eigenvalue weighted by Crippen LogP contribution is 2.21. The molecule has 2 aromatic carbocycles. The summed E-state index contributed by atoms with van der Waals surface area (Å²) in [5, 5.41) is 4.68. The first-order valence-electron chi connectivity index (χ1n) is 6.90. The number of fused-ring (bicyclic) bond motifs is 1. The van der Waals surface area contributed by atoms with Gasteiger partial charge >= 0.3 is 0 Å². The average Bonchev–Trinajstić information content (AvgIpc) is 2.95. The summed E-state index contributed by atoms with van der Waals surface area (Å²) in [4.78, 5) is 19.5. The number of aromatic amines is 1. The van der Waals surface area contributed by atoms with Crippen LogP contribution in [0.1, 0.15) is 5.56 Å². The molecule has 0 fully saturated rings. The van der Waals surface area contributed by atoms with Gasteiger partial charge in [0.05, 0.1) is 16.8 Å². The highest BCUT2D eigenvalue weighted by Gasteiger charge is 2.08. The molecule has 23 heavy (non-hydrogen) atoms. The zero-order valence-corrected chi connectivity index (χ0v) is 14.3.